The second-order valence-electron chi connectivity index (χ2n) is 10.1. The highest BCUT2D eigenvalue weighted by molar-refractivity contribution is 7.07. The molecule has 0 saturated carbocycles. The predicted molar refractivity (Wildman–Crippen MR) is 159 cm³/mol. The maximum Gasteiger partial charge on any atom is 0.246 e. The van der Waals surface area contributed by atoms with Crippen LogP contribution in [0.3, 0.4) is 0 Å². The van der Waals surface area contributed by atoms with Gasteiger partial charge >= 0.3 is 0 Å². The number of aryl methyl sites for hydroxylation is 1. The number of carbonyl (C=O) groups excluding carboxylic acids is 1. The Kier molecular flexibility index (Phi) is 7.32. The average Bonchev–Trinajstić information content (AvgIpc) is 3.60. The van der Waals surface area contributed by atoms with Crippen LogP contribution in [0.25, 0.3) is 22.2 Å². The zero-order valence-corrected chi connectivity index (χ0v) is 23.1. The number of carbonyl (C=O) groups is 1. The van der Waals surface area contributed by atoms with Crippen molar-refractivity contribution >= 4 is 33.8 Å². The highest BCUT2D eigenvalue weighted by atomic mass is 32.1. The number of thiazole rings is 1. The molecule has 5 aromatic rings. The first-order chi connectivity index (χ1) is 19.6. The lowest BCUT2D eigenvalue weighted by Gasteiger charge is -2.32. The van der Waals surface area contributed by atoms with E-state index in [0.29, 0.717) is 25.1 Å². The molecule has 0 spiro atoms. The van der Waals surface area contributed by atoms with E-state index in [9.17, 15) is 10.1 Å². The van der Waals surface area contributed by atoms with Gasteiger partial charge in [0, 0.05) is 60.6 Å². The van der Waals surface area contributed by atoms with Crippen LogP contribution in [0.1, 0.15) is 22.7 Å². The van der Waals surface area contributed by atoms with E-state index in [4.69, 9.17) is 4.99 Å². The molecule has 40 heavy (non-hydrogen) atoms. The summed E-state index contributed by atoms with van der Waals surface area (Å²) in [4.78, 5) is 25.5. The number of benzene rings is 3. The number of aromatic amines is 1. The van der Waals surface area contributed by atoms with Gasteiger partial charge in [-0.3, -0.25) is 4.79 Å². The molecule has 3 heterocycles. The third-order valence-corrected chi connectivity index (χ3v) is 8.21. The largest absolute Gasteiger partial charge is 0.361 e. The van der Waals surface area contributed by atoms with E-state index < -0.39 is 6.04 Å². The number of nitrogens with one attached hydrogen (secondary N) is 2. The van der Waals surface area contributed by atoms with Crippen molar-refractivity contribution < 1.29 is 4.79 Å². The summed E-state index contributed by atoms with van der Waals surface area (Å²) in [6, 6.07) is 25.6. The van der Waals surface area contributed by atoms with E-state index in [0.717, 1.165) is 56.9 Å². The second-order valence-corrected chi connectivity index (χ2v) is 10.9. The molecule has 1 saturated heterocycles. The van der Waals surface area contributed by atoms with Crippen LogP contribution in [-0.2, 0) is 11.2 Å². The fraction of sp³-hybridized carbons (Fsp3) is 0.219. The number of nitriles is 1. The molecule has 0 radical (unpaired) electrons. The molecule has 8 heteroatoms. The number of fused-ring (bicyclic) bond motifs is 1. The zero-order chi connectivity index (χ0) is 27.5. The van der Waals surface area contributed by atoms with Crippen molar-refractivity contribution in [3.05, 3.63) is 106 Å². The van der Waals surface area contributed by atoms with Crippen LogP contribution in [0.2, 0.25) is 0 Å². The SMILES string of the molecule is Cc1cccc(N=c2scc(-c3cccc(C#N)c3)n2C(Cc2c[nH]c3ccccc23)C(=O)N2CCNCC2)c1. The summed E-state index contributed by atoms with van der Waals surface area (Å²) in [7, 11) is 0. The minimum atomic E-state index is -0.521. The van der Waals surface area contributed by atoms with Crippen LogP contribution in [0.15, 0.2) is 89.4 Å². The number of aromatic nitrogens is 2. The third kappa shape index (κ3) is 5.22. The maximum atomic E-state index is 14.4. The highest BCUT2D eigenvalue weighted by Gasteiger charge is 2.31. The van der Waals surface area contributed by atoms with Gasteiger partial charge in [-0.25, -0.2) is 4.99 Å². The number of amides is 1. The molecule has 200 valence electrons. The number of nitrogens with zero attached hydrogens (tertiary/aromatic N) is 4. The summed E-state index contributed by atoms with van der Waals surface area (Å²) < 4.78 is 2.09. The number of rotatable bonds is 6. The van der Waals surface area contributed by atoms with Crippen molar-refractivity contribution in [2.24, 2.45) is 4.99 Å². The van der Waals surface area contributed by atoms with Crippen LogP contribution < -0.4 is 10.1 Å². The van der Waals surface area contributed by atoms with Gasteiger partial charge in [0.2, 0.25) is 5.91 Å². The normalized spacial score (nSPS) is 14.8. The zero-order valence-electron chi connectivity index (χ0n) is 22.3. The van der Waals surface area contributed by atoms with E-state index in [1.807, 2.05) is 72.6 Å². The molecule has 1 atom stereocenters. The molecular weight excluding hydrogens is 516 g/mol. The molecule has 2 aromatic heterocycles. The van der Waals surface area contributed by atoms with Gasteiger partial charge in [0.15, 0.2) is 4.80 Å². The van der Waals surface area contributed by atoms with Crippen LogP contribution in [0.5, 0.6) is 0 Å². The Balaban J connectivity index is 1.56. The van der Waals surface area contributed by atoms with Gasteiger partial charge in [0.25, 0.3) is 0 Å². The molecule has 1 aliphatic rings. The second kappa shape index (κ2) is 11.3. The summed E-state index contributed by atoms with van der Waals surface area (Å²) in [6.07, 6.45) is 2.53. The molecule has 6 rings (SSSR count). The van der Waals surface area contributed by atoms with Crippen LogP contribution >= 0.6 is 11.3 Å². The summed E-state index contributed by atoms with van der Waals surface area (Å²) in [5, 5.41) is 16.1. The average molecular weight is 547 g/mol. The minimum Gasteiger partial charge on any atom is -0.361 e. The first-order valence-electron chi connectivity index (χ1n) is 13.5. The van der Waals surface area contributed by atoms with Crippen molar-refractivity contribution in [2.75, 3.05) is 26.2 Å². The lowest BCUT2D eigenvalue weighted by atomic mass is 10.0. The molecule has 1 amide bonds. The monoisotopic (exact) mass is 546 g/mol. The molecular formula is C32H30N6OS. The van der Waals surface area contributed by atoms with Gasteiger partial charge < -0.3 is 19.8 Å². The number of hydrogen-bond acceptors (Lipinski definition) is 5. The Hall–Kier alpha value is -4.45. The lowest BCUT2D eigenvalue weighted by Crippen LogP contribution is -2.49. The van der Waals surface area contributed by atoms with E-state index in [1.165, 1.54) is 11.3 Å². The van der Waals surface area contributed by atoms with Crippen LogP contribution in [0.4, 0.5) is 5.69 Å². The smallest absolute Gasteiger partial charge is 0.246 e. The molecule has 3 aromatic carbocycles. The van der Waals surface area contributed by atoms with E-state index in [-0.39, 0.29) is 5.91 Å². The first kappa shape index (κ1) is 25.8. The molecule has 0 bridgehead atoms. The molecule has 7 nitrogen and oxygen atoms in total. The minimum absolute atomic E-state index is 0.0774. The van der Waals surface area contributed by atoms with Crippen molar-refractivity contribution in [1.82, 2.24) is 19.8 Å². The van der Waals surface area contributed by atoms with Gasteiger partial charge in [0.1, 0.15) is 6.04 Å². The van der Waals surface area contributed by atoms with Crippen molar-refractivity contribution in [2.45, 2.75) is 19.4 Å². The Morgan fingerprint density at radius 2 is 1.90 bits per heavy atom. The Morgan fingerprint density at radius 1 is 1.07 bits per heavy atom. The molecule has 1 aliphatic heterocycles. The van der Waals surface area contributed by atoms with Crippen LogP contribution in [0, 0.1) is 18.3 Å². The number of para-hydroxylation sites is 1. The van der Waals surface area contributed by atoms with E-state index in [2.05, 4.69) is 38.4 Å². The Bertz CT molecular complexity index is 1780. The maximum absolute atomic E-state index is 14.4. The Morgan fingerprint density at radius 3 is 2.73 bits per heavy atom. The summed E-state index contributed by atoms with van der Waals surface area (Å²) in [5.41, 5.74) is 6.44. The summed E-state index contributed by atoms with van der Waals surface area (Å²) in [5.74, 6) is 0.0774. The standard InChI is InChI=1S/C32H30N6OS/c1-22-6-4-9-26(16-22)36-32-38(30(21-40-32)24-8-5-7-23(17-24)19-33)29(31(39)37-14-12-34-13-15-37)18-25-20-35-28-11-3-2-10-27(25)28/h2-11,16-17,20-21,29,34-35H,12-15,18H2,1H3. The summed E-state index contributed by atoms with van der Waals surface area (Å²) in [6.45, 7) is 4.93. The molecule has 1 fully saturated rings. The van der Waals surface area contributed by atoms with Gasteiger partial charge in [-0.05, 0) is 48.4 Å². The molecule has 2 N–H and O–H groups in total. The Labute approximate surface area is 237 Å². The number of H-pyrrole nitrogens is 1. The quantitative estimate of drug-likeness (QED) is 0.302. The van der Waals surface area contributed by atoms with E-state index >= 15 is 0 Å². The molecule has 1 unspecified atom stereocenters. The van der Waals surface area contributed by atoms with Gasteiger partial charge in [-0.1, -0.05) is 42.5 Å². The van der Waals surface area contributed by atoms with Crippen molar-refractivity contribution in [1.29, 1.82) is 5.26 Å². The van der Waals surface area contributed by atoms with Gasteiger partial charge in [0.05, 0.1) is 23.0 Å². The van der Waals surface area contributed by atoms with Crippen LogP contribution in [-0.4, -0.2) is 46.5 Å². The lowest BCUT2D eigenvalue weighted by molar-refractivity contribution is -0.135. The molecule has 0 aliphatic carbocycles. The fourth-order valence-corrected chi connectivity index (χ4v) is 6.33. The summed E-state index contributed by atoms with van der Waals surface area (Å²) >= 11 is 1.52. The van der Waals surface area contributed by atoms with E-state index in [1.54, 1.807) is 6.07 Å². The van der Waals surface area contributed by atoms with Crippen molar-refractivity contribution in [3.8, 4) is 17.3 Å². The van der Waals surface area contributed by atoms with Gasteiger partial charge in [-0.15, -0.1) is 11.3 Å². The van der Waals surface area contributed by atoms with Gasteiger partial charge in [-0.2, -0.15) is 5.26 Å². The first-order valence-corrected chi connectivity index (χ1v) is 14.3. The third-order valence-electron chi connectivity index (χ3n) is 7.37. The topological polar surface area (TPSA) is 89.2 Å². The number of hydrogen-bond donors (Lipinski definition) is 2. The predicted octanol–water partition coefficient (Wildman–Crippen LogP) is 5.33. The fourth-order valence-electron chi connectivity index (χ4n) is 5.36. The van der Waals surface area contributed by atoms with Crippen molar-refractivity contribution in [3.63, 3.8) is 0 Å². The highest BCUT2D eigenvalue weighted by Crippen LogP contribution is 2.30. The number of piperazine rings is 1.